The quantitative estimate of drug-likeness (QED) is 0.716. The van der Waals surface area contributed by atoms with Gasteiger partial charge in [0.05, 0.1) is 17.3 Å². The SMILES string of the molecule is CCCCCCC(O)C1CC(C)(C)OC1(C)C. The van der Waals surface area contributed by atoms with Crippen LogP contribution in [0, 0.1) is 5.92 Å². The second-order valence-electron chi connectivity index (χ2n) is 6.69. The molecule has 2 nitrogen and oxygen atoms in total. The molecule has 17 heavy (non-hydrogen) atoms. The molecule has 102 valence electrons. The smallest absolute Gasteiger partial charge is 0.0687 e. The fourth-order valence-corrected chi connectivity index (χ4v) is 3.19. The molecule has 0 aliphatic carbocycles. The normalized spacial score (nSPS) is 28.2. The van der Waals surface area contributed by atoms with Crippen LogP contribution in [0.4, 0.5) is 0 Å². The molecule has 0 bridgehead atoms. The molecule has 0 aromatic rings. The number of ether oxygens (including phenoxy) is 1. The Labute approximate surface area is 107 Å². The minimum atomic E-state index is -0.205. The van der Waals surface area contributed by atoms with Gasteiger partial charge in [-0.15, -0.1) is 0 Å². The molecular formula is C15H30O2. The molecule has 1 rings (SSSR count). The molecule has 1 saturated heterocycles. The Balaban J connectivity index is 2.43. The van der Waals surface area contributed by atoms with Crippen LogP contribution in [0.5, 0.6) is 0 Å². The van der Waals surface area contributed by atoms with Gasteiger partial charge in [0.15, 0.2) is 0 Å². The van der Waals surface area contributed by atoms with Crippen molar-refractivity contribution in [1.82, 2.24) is 0 Å². The largest absolute Gasteiger partial charge is 0.393 e. The van der Waals surface area contributed by atoms with Gasteiger partial charge in [-0.3, -0.25) is 0 Å². The van der Waals surface area contributed by atoms with Crippen LogP contribution in [-0.4, -0.2) is 22.4 Å². The molecular weight excluding hydrogens is 212 g/mol. The maximum absolute atomic E-state index is 10.3. The Hall–Kier alpha value is -0.0800. The van der Waals surface area contributed by atoms with Crippen LogP contribution in [0.2, 0.25) is 0 Å². The van der Waals surface area contributed by atoms with Crippen molar-refractivity contribution in [3.05, 3.63) is 0 Å². The Morgan fingerprint density at radius 1 is 1.18 bits per heavy atom. The molecule has 1 fully saturated rings. The van der Waals surface area contributed by atoms with Crippen LogP contribution in [0.3, 0.4) is 0 Å². The maximum Gasteiger partial charge on any atom is 0.0687 e. The first kappa shape index (κ1) is 15.0. The number of hydrogen-bond acceptors (Lipinski definition) is 2. The summed E-state index contributed by atoms with van der Waals surface area (Å²) in [6.07, 6.45) is 6.60. The zero-order valence-electron chi connectivity index (χ0n) is 12.3. The lowest BCUT2D eigenvalue weighted by molar-refractivity contribution is -0.0882. The van der Waals surface area contributed by atoms with Gasteiger partial charge < -0.3 is 9.84 Å². The van der Waals surface area contributed by atoms with E-state index in [2.05, 4.69) is 34.6 Å². The van der Waals surface area contributed by atoms with E-state index in [1.54, 1.807) is 0 Å². The minimum Gasteiger partial charge on any atom is -0.393 e. The van der Waals surface area contributed by atoms with E-state index in [1.807, 2.05) is 0 Å². The number of aliphatic hydroxyl groups excluding tert-OH is 1. The van der Waals surface area contributed by atoms with E-state index < -0.39 is 0 Å². The molecule has 1 N–H and O–H groups in total. The summed E-state index contributed by atoms with van der Waals surface area (Å²) in [4.78, 5) is 0. The zero-order chi connectivity index (χ0) is 13.1. The first-order valence-electron chi connectivity index (χ1n) is 7.17. The molecule has 2 heteroatoms. The first-order chi connectivity index (χ1) is 7.78. The monoisotopic (exact) mass is 242 g/mol. The van der Waals surface area contributed by atoms with Crippen LogP contribution in [0.1, 0.15) is 73.1 Å². The summed E-state index contributed by atoms with van der Waals surface area (Å²) in [5.41, 5.74) is -0.272. The van der Waals surface area contributed by atoms with Gasteiger partial charge in [-0.2, -0.15) is 0 Å². The van der Waals surface area contributed by atoms with Crippen molar-refractivity contribution < 1.29 is 9.84 Å². The van der Waals surface area contributed by atoms with Gasteiger partial charge in [0.1, 0.15) is 0 Å². The fraction of sp³-hybridized carbons (Fsp3) is 1.00. The Kier molecular flexibility index (Phi) is 5.03. The van der Waals surface area contributed by atoms with Crippen molar-refractivity contribution in [2.24, 2.45) is 5.92 Å². The highest BCUT2D eigenvalue weighted by atomic mass is 16.5. The van der Waals surface area contributed by atoms with E-state index >= 15 is 0 Å². The van der Waals surface area contributed by atoms with Gasteiger partial charge >= 0.3 is 0 Å². The highest BCUT2D eigenvalue weighted by Gasteiger charge is 2.48. The summed E-state index contributed by atoms with van der Waals surface area (Å²) in [6, 6.07) is 0. The number of rotatable bonds is 6. The van der Waals surface area contributed by atoms with Gasteiger partial charge in [0.25, 0.3) is 0 Å². The third-order valence-corrected chi connectivity index (χ3v) is 3.96. The fourth-order valence-electron chi connectivity index (χ4n) is 3.19. The van der Waals surface area contributed by atoms with Crippen LogP contribution < -0.4 is 0 Å². The lowest BCUT2D eigenvalue weighted by Crippen LogP contribution is -2.36. The summed E-state index contributed by atoms with van der Waals surface area (Å²) in [6.45, 7) is 10.7. The molecule has 2 unspecified atom stereocenters. The number of hydrogen-bond donors (Lipinski definition) is 1. The van der Waals surface area contributed by atoms with E-state index in [0.717, 1.165) is 19.3 Å². The summed E-state index contributed by atoms with van der Waals surface area (Å²) in [7, 11) is 0. The molecule has 0 spiro atoms. The molecule has 1 heterocycles. The third-order valence-electron chi connectivity index (χ3n) is 3.96. The van der Waals surface area contributed by atoms with Crippen molar-refractivity contribution in [2.75, 3.05) is 0 Å². The van der Waals surface area contributed by atoms with Gasteiger partial charge in [0.2, 0.25) is 0 Å². The van der Waals surface area contributed by atoms with E-state index in [1.165, 1.54) is 19.3 Å². The maximum atomic E-state index is 10.3. The van der Waals surface area contributed by atoms with Crippen LogP contribution >= 0.6 is 0 Å². The van der Waals surface area contributed by atoms with Gasteiger partial charge in [-0.25, -0.2) is 0 Å². The highest BCUT2D eigenvalue weighted by Crippen LogP contribution is 2.44. The molecule has 2 atom stereocenters. The third kappa shape index (κ3) is 4.26. The first-order valence-corrected chi connectivity index (χ1v) is 7.17. The molecule has 0 aromatic carbocycles. The van der Waals surface area contributed by atoms with E-state index in [9.17, 15) is 5.11 Å². The van der Waals surface area contributed by atoms with Crippen molar-refractivity contribution >= 4 is 0 Å². The lowest BCUT2D eigenvalue weighted by atomic mass is 9.81. The van der Waals surface area contributed by atoms with Crippen LogP contribution in [0.25, 0.3) is 0 Å². The molecule has 1 aliphatic rings. The minimum absolute atomic E-state index is 0.0848. The summed E-state index contributed by atoms with van der Waals surface area (Å²) < 4.78 is 6.04. The second kappa shape index (κ2) is 5.71. The van der Waals surface area contributed by atoms with E-state index in [0.29, 0.717) is 0 Å². The van der Waals surface area contributed by atoms with Gasteiger partial charge in [0, 0.05) is 5.92 Å². The Morgan fingerprint density at radius 2 is 1.82 bits per heavy atom. The second-order valence-corrected chi connectivity index (χ2v) is 6.69. The lowest BCUT2D eigenvalue weighted by Gasteiger charge is -2.30. The van der Waals surface area contributed by atoms with E-state index in [4.69, 9.17) is 4.74 Å². The topological polar surface area (TPSA) is 29.5 Å². The number of unbranched alkanes of at least 4 members (excludes halogenated alkanes) is 3. The molecule has 1 aliphatic heterocycles. The Bertz CT molecular complexity index is 233. The molecule has 0 radical (unpaired) electrons. The molecule has 0 aromatic heterocycles. The average Bonchev–Trinajstić information content (AvgIpc) is 2.41. The van der Waals surface area contributed by atoms with Gasteiger partial charge in [-0.1, -0.05) is 32.6 Å². The molecule has 0 saturated carbocycles. The van der Waals surface area contributed by atoms with Crippen molar-refractivity contribution in [3.63, 3.8) is 0 Å². The number of aliphatic hydroxyl groups is 1. The van der Waals surface area contributed by atoms with Crippen molar-refractivity contribution in [3.8, 4) is 0 Å². The predicted octanol–water partition coefficient (Wildman–Crippen LogP) is 3.91. The van der Waals surface area contributed by atoms with Crippen molar-refractivity contribution in [1.29, 1.82) is 0 Å². The summed E-state index contributed by atoms with van der Waals surface area (Å²) in [5.74, 6) is 0.277. The van der Waals surface area contributed by atoms with Gasteiger partial charge in [-0.05, 0) is 40.5 Å². The molecule has 0 amide bonds. The zero-order valence-corrected chi connectivity index (χ0v) is 12.3. The summed E-state index contributed by atoms with van der Waals surface area (Å²) in [5, 5.41) is 10.3. The standard InChI is InChI=1S/C15H30O2/c1-6-7-8-9-10-13(16)12-11-14(2,3)17-15(12,4)5/h12-13,16H,6-11H2,1-5H3. The Morgan fingerprint density at radius 3 is 2.29 bits per heavy atom. The summed E-state index contributed by atoms with van der Waals surface area (Å²) >= 11 is 0. The van der Waals surface area contributed by atoms with E-state index in [-0.39, 0.29) is 23.2 Å². The van der Waals surface area contributed by atoms with Crippen LogP contribution in [-0.2, 0) is 4.74 Å². The highest BCUT2D eigenvalue weighted by molar-refractivity contribution is 4.97. The van der Waals surface area contributed by atoms with Crippen LogP contribution in [0.15, 0.2) is 0 Å². The predicted molar refractivity (Wildman–Crippen MR) is 72.1 cm³/mol. The average molecular weight is 242 g/mol. The van der Waals surface area contributed by atoms with Crippen molar-refractivity contribution in [2.45, 2.75) is 90.4 Å².